The summed E-state index contributed by atoms with van der Waals surface area (Å²) in [6.07, 6.45) is -0.0580. The minimum absolute atomic E-state index is 0.0512. The molecule has 0 aliphatic carbocycles. The summed E-state index contributed by atoms with van der Waals surface area (Å²) in [4.78, 5) is 21.9. The van der Waals surface area contributed by atoms with E-state index in [0.29, 0.717) is 6.54 Å². The van der Waals surface area contributed by atoms with Crippen LogP contribution in [0.15, 0.2) is 30.3 Å². The van der Waals surface area contributed by atoms with E-state index < -0.39 is 18.0 Å². The van der Waals surface area contributed by atoms with Crippen LogP contribution in [-0.4, -0.2) is 30.2 Å². The van der Waals surface area contributed by atoms with E-state index in [4.69, 9.17) is 5.11 Å². The molecule has 1 unspecified atom stereocenters. The molecule has 1 aromatic carbocycles. The van der Waals surface area contributed by atoms with Crippen molar-refractivity contribution >= 4 is 11.9 Å². The van der Waals surface area contributed by atoms with Crippen LogP contribution in [0.2, 0.25) is 0 Å². The third kappa shape index (κ3) is 5.45. The Labute approximate surface area is 106 Å². The van der Waals surface area contributed by atoms with E-state index in [2.05, 4.69) is 10.1 Å². The number of hydrogen-bond donors (Lipinski definition) is 2. The minimum atomic E-state index is -0.940. The Kier molecular flexibility index (Phi) is 5.87. The van der Waals surface area contributed by atoms with Gasteiger partial charge >= 0.3 is 11.9 Å². The Morgan fingerprint density at radius 2 is 1.94 bits per heavy atom. The van der Waals surface area contributed by atoms with Crippen molar-refractivity contribution in [2.24, 2.45) is 0 Å². The summed E-state index contributed by atoms with van der Waals surface area (Å²) >= 11 is 0. The maximum absolute atomic E-state index is 11.2. The number of carboxylic acids is 1. The maximum Gasteiger partial charge on any atom is 0.307 e. The van der Waals surface area contributed by atoms with Gasteiger partial charge in [-0.2, -0.15) is 0 Å². The zero-order valence-electron chi connectivity index (χ0n) is 10.3. The van der Waals surface area contributed by atoms with E-state index in [1.807, 2.05) is 30.3 Å². The van der Waals surface area contributed by atoms with Crippen molar-refractivity contribution in [3.63, 3.8) is 0 Å². The van der Waals surface area contributed by atoms with Gasteiger partial charge in [0.25, 0.3) is 0 Å². The van der Waals surface area contributed by atoms with Crippen LogP contribution in [0.3, 0.4) is 0 Å². The van der Waals surface area contributed by atoms with Crippen LogP contribution >= 0.6 is 0 Å². The minimum Gasteiger partial charge on any atom is -0.481 e. The number of methoxy groups -OCH3 is 1. The smallest absolute Gasteiger partial charge is 0.307 e. The molecule has 0 saturated carbocycles. The molecule has 18 heavy (non-hydrogen) atoms. The number of ether oxygens (including phenoxy) is 1. The van der Waals surface area contributed by atoms with E-state index >= 15 is 0 Å². The lowest BCUT2D eigenvalue weighted by Crippen LogP contribution is -2.33. The highest BCUT2D eigenvalue weighted by Crippen LogP contribution is 2.04. The molecule has 1 rings (SSSR count). The van der Waals surface area contributed by atoms with E-state index in [9.17, 15) is 9.59 Å². The monoisotopic (exact) mass is 251 g/mol. The molecule has 0 radical (unpaired) electrons. The summed E-state index contributed by atoms with van der Waals surface area (Å²) in [5.74, 6) is -1.36. The summed E-state index contributed by atoms with van der Waals surface area (Å²) in [5.41, 5.74) is 1.04. The molecule has 0 aromatic heterocycles. The second-order valence-corrected chi connectivity index (χ2v) is 3.94. The van der Waals surface area contributed by atoms with Crippen LogP contribution in [0.4, 0.5) is 0 Å². The number of hydrogen-bond acceptors (Lipinski definition) is 4. The molecule has 0 spiro atoms. The topological polar surface area (TPSA) is 75.6 Å². The van der Waals surface area contributed by atoms with Gasteiger partial charge in [0.05, 0.1) is 20.0 Å². The zero-order chi connectivity index (χ0) is 13.4. The molecule has 0 aliphatic heterocycles. The Hall–Kier alpha value is -1.88. The lowest BCUT2D eigenvalue weighted by Gasteiger charge is -2.15. The molecule has 0 aliphatic rings. The van der Waals surface area contributed by atoms with Crippen LogP contribution < -0.4 is 5.32 Å². The summed E-state index contributed by atoms with van der Waals surface area (Å²) in [6, 6.07) is 9.17. The van der Waals surface area contributed by atoms with Crippen LogP contribution in [0.1, 0.15) is 18.4 Å². The third-order valence-electron chi connectivity index (χ3n) is 2.50. The Bertz CT molecular complexity index is 391. The molecule has 1 atom stereocenters. The van der Waals surface area contributed by atoms with Gasteiger partial charge in [-0.25, -0.2) is 0 Å². The van der Waals surface area contributed by atoms with Gasteiger partial charge in [0.1, 0.15) is 0 Å². The van der Waals surface area contributed by atoms with Crippen molar-refractivity contribution < 1.29 is 19.4 Å². The van der Waals surface area contributed by atoms with Gasteiger partial charge in [0.15, 0.2) is 0 Å². The van der Waals surface area contributed by atoms with Crippen molar-refractivity contribution in [2.45, 2.75) is 25.4 Å². The number of carbonyl (C=O) groups excluding carboxylic acids is 1. The van der Waals surface area contributed by atoms with Gasteiger partial charge in [0.2, 0.25) is 0 Å². The van der Waals surface area contributed by atoms with E-state index in [1.54, 1.807) is 0 Å². The summed E-state index contributed by atoms with van der Waals surface area (Å²) < 4.78 is 4.54. The average Bonchev–Trinajstić information content (AvgIpc) is 2.36. The maximum atomic E-state index is 11.2. The van der Waals surface area contributed by atoms with Crippen LogP contribution in [0.5, 0.6) is 0 Å². The molecule has 0 heterocycles. The number of carbonyl (C=O) groups is 2. The Morgan fingerprint density at radius 3 is 2.50 bits per heavy atom. The van der Waals surface area contributed by atoms with Crippen LogP contribution in [-0.2, 0) is 20.9 Å². The highest BCUT2D eigenvalue weighted by atomic mass is 16.5. The molecule has 0 saturated heterocycles. The van der Waals surface area contributed by atoms with Crippen molar-refractivity contribution in [1.82, 2.24) is 5.32 Å². The summed E-state index contributed by atoms with van der Waals surface area (Å²) in [7, 11) is 1.29. The van der Waals surface area contributed by atoms with Crippen molar-refractivity contribution in [2.75, 3.05) is 7.11 Å². The molecule has 1 aromatic rings. The second kappa shape index (κ2) is 7.45. The van der Waals surface area contributed by atoms with Crippen LogP contribution in [0.25, 0.3) is 0 Å². The number of carboxylic acid groups (broad SMARTS) is 1. The van der Waals surface area contributed by atoms with Crippen molar-refractivity contribution in [3.05, 3.63) is 35.9 Å². The quantitative estimate of drug-likeness (QED) is 0.712. The molecule has 0 fully saturated rings. The fraction of sp³-hybridized carbons (Fsp3) is 0.385. The van der Waals surface area contributed by atoms with Gasteiger partial charge < -0.3 is 15.2 Å². The van der Waals surface area contributed by atoms with Gasteiger partial charge in [-0.3, -0.25) is 9.59 Å². The first-order valence-electron chi connectivity index (χ1n) is 5.67. The predicted molar refractivity (Wildman–Crippen MR) is 66.0 cm³/mol. The number of esters is 1. The molecule has 2 N–H and O–H groups in total. The third-order valence-corrected chi connectivity index (χ3v) is 2.50. The summed E-state index contributed by atoms with van der Waals surface area (Å²) in [6.45, 7) is 0.524. The normalized spacial score (nSPS) is 11.8. The molecule has 5 heteroatoms. The number of benzene rings is 1. The van der Waals surface area contributed by atoms with Gasteiger partial charge in [-0.15, -0.1) is 0 Å². The first-order valence-corrected chi connectivity index (χ1v) is 5.67. The molecular weight excluding hydrogens is 234 g/mol. The molecule has 0 amide bonds. The Morgan fingerprint density at radius 1 is 1.28 bits per heavy atom. The fourth-order valence-electron chi connectivity index (χ4n) is 1.57. The number of aliphatic carboxylic acids is 1. The van der Waals surface area contributed by atoms with Gasteiger partial charge in [-0.05, 0) is 5.56 Å². The fourth-order valence-corrected chi connectivity index (χ4v) is 1.57. The number of rotatable bonds is 7. The van der Waals surface area contributed by atoms with Crippen molar-refractivity contribution in [3.8, 4) is 0 Å². The van der Waals surface area contributed by atoms with E-state index in [0.717, 1.165) is 5.56 Å². The molecular formula is C13H17NO4. The Balaban J connectivity index is 2.50. The average molecular weight is 251 g/mol. The standard InChI is InChI=1S/C13H17NO4/c1-18-13(17)8-11(7-12(15)16)14-9-10-5-3-2-4-6-10/h2-6,11,14H,7-9H2,1H3,(H,15,16). The van der Waals surface area contributed by atoms with Gasteiger partial charge in [0, 0.05) is 12.6 Å². The SMILES string of the molecule is COC(=O)CC(CC(=O)O)NCc1ccccc1. The lowest BCUT2D eigenvalue weighted by atomic mass is 10.1. The first kappa shape index (κ1) is 14.2. The highest BCUT2D eigenvalue weighted by molar-refractivity contribution is 5.72. The first-order chi connectivity index (χ1) is 8.61. The zero-order valence-corrected chi connectivity index (χ0v) is 10.3. The van der Waals surface area contributed by atoms with Gasteiger partial charge in [-0.1, -0.05) is 30.3 Å². The lowest BCUT2D eigenvalue weighted by molar-refractivity contribution is -0.142. The molecule has 0 bridgehead atoms. The van der Waals surface area contributed by atoms with E-state index in [1.165, 1.54) is 7.11 Å². The van der Waals surface area contributed by atoms with Crippen LogP contribution in [0, 0.1) is 0 Å². The van der Waals surface area contributed by atoms with Crippen molar-refractivity contribution in [1.29, 1.82) is 0 Å². The largest absolute Gasteiger partial charge is 0.481 e. The second-order valence-electron chi connectivity index (χ2n) is 3.94. The predicted octanol–water partition coefficient (Wildman–Crippen LogP) is 1.18. The van der Waals surface area contributed by atoms with E-state index in [-0.39, 0.29) is 12.8 Å². The number of nitrogens with one attached hydrogen (secondary N) is 1. The highest BCUT2D eigenvalue weighted by Gasteiger charge is 2.17. The molecule has 98 valence electrons. The summed E-state index contributed by atoms with van der Waals surface area (Å²) in [5, 5.41) is 11.8. The molecule has 5 nitrogen and oxygen atoms in total.